The van der Waals surface area contributed by atoms with Gasteiger partial charge in [-0.15, -0.1) is 0 Å². The molecule has 0 aliphatic carbocycles. The molecule has 0 aromatic rings. The topological polar surface area (TPSA) is 78.9 Å². The number of carbonyl (C=O) groups excluding carboxylic acids is 3. The Bertz CT molecular complexity index is 1060. The summed E-state index contributed by atoms with van der Waals surface area (Å²) >= 11 is 0. The van der Waals surface area contributed by atoms with Crippen LogP contribution in [-0.2, 0) is 28.6 Å². The van der Waals surface area contributed by atoms with E-state index in [-0.39, 0.29) is 31.1 Å². The summed E-state index contributed by atoms with van der Waals surface area (Å²) in [5, 5.41) is 0. The van der Waals surface area contributed by atoms with Crippen LogP contribution < -0.4 is 0 Å². The highest BCUT2D eigenvalue weighted by molar-refractivity contribution is 5.71. The molecule has 0 spiro atoms. The summed E-state index contributed by atoms with van der Waals surface area (Å²) in [5.41, 5.74) is 0. The zero-order valence-corrected chi connectivity index (χ0v) is 42.1. The van der Waals surface area contributed by atoms with Gasteiger partial charge in [0.05, 0.1) is 0 Å². The Morgan fingerprint density at radius 2 is 0.571 bits per heavy atom. The van der Waals surface area contributed by atoms with E-state index in [2.05, 4.69) is 57.2 Å². The molecular weight excluding hydrogens is 781 g/mol. The van der Waals surface area contributed by atoms with Gasteiger partial charge in [-0.25, -0.2) is 0 Å². The molecule has 0 heterocycles. The summed E-state index contributed by atoms with van der Waals surface area (Å²) in [7, 11) is 0. The number of hydrogen-bond acceptors (Lipinski definition) is 6. The first-order valence-corrected chi connectivity index (χ1v) is 27.5. The Morgan fingerprint density at radius 1 is 0.317 bits per heavy atom. The number of allylic oxidation sites excluding steroid dienone is 6. The van der Waals surface area contributed by atoms with E-state index in [1.165, 1.54) is 180 Å². The summed E-state index contributed by atoms with van der Waals surface area (Å²) in [6.07, 6.45) is 61.3. The van der Waals surface area contributed by atoms with Crippen LogP contribution in [0.2, 0.25) is 0 Å². The van der Waals surface area contributed by atoms with Crippen molar-refractivity contribution in [3.05, 3.63) is 36.5 Å². The number of ether oxygens (including phenoxy) is 3. The van der Waals surface area contributed by atoms with Gasteiger partial charge >= 0.3 is 17.9 Å². The van der Waals surface area contributed by atoms with Crippen LogP contribution in [0.5, 0.6) is 0 Å². The third kappa shape index (κ3) is 50.5. The average molecular weight is 885 g/mol. The second-order valence-corrected chi connectivity index (χ2v) is 18.5. The molecule has 0 rings (SSSR count). The number of hydrogen-bond donors (Lipinski definition) is 0. The van der Waals surface area contributed by atoms with Crippen molar-refractivity contribution in [3.63, 3.8) is 0 Å². The molecule has 1 atom stereocenters. The van der Waals surface area contributed by atoms with E-state index in [0.717, 1.165) is 70.6 Å². The van der Waals surface area contributed by atoms with Crippen molar-refractivity contribution in [2.75, 3.05) is 13.2 Å². The average Bonchev–Trinajstić information content (AvgIpc) is 3.28. The minimum Gasteiger partial charge on any atom is -0.462 e. The molecule has 0 aromatic heterocycles. The molecule has 0 aliphatic heterocycles. The monoisotopic (exact) mass is 885 g/mol. The molecule has 63 heavy (non-hydrogen) atoms. The van der Waals surface area contributed by atoms with Crippen LogP contribution in [0.4, 0.5) is 0 Å². The van der Waals surface area contributed by atoms with Gasteiger partial charge in [-0.3, -0.25) is 14.4 Å². The van der Waals surface area contributed by atoms with Gasteiger partial charge < -0.3 is 14.2 Å². The van der Waals surface area contributed by atoms with E-state index in [4.69, 9.17) is 14.2 Å². The molecule has 0 fully saturated rings. The van der Waals surface area contributed by atoms with Crippen LogP contribution in [0.3, 0.4) is 0 Å². The third-order valence-corrected chi connectivity index (χ3v) is 12.1. The Labute approximate surface area is 391 Å². The fourth-order valence-electron chi connectivity index (χ4n) is 7.94. The van der Waals surface area contributed by atoms with Gasteiger partial charge in [0.1, 0.15) is 13.2 Å². The normalized spacial score (nSPS) is 12.2. The van der Waals surface area contributed by atoms with Crippen molar-refractivity contribution in [2.45, 2.75) is 297 Å². The van der Waals surface area contributed by atoms with Crippen LogP contribution in [0.25, 0.3) is 0 Å². The second-order valence-electron chi connectivity index (χ2n) is 18.5. The number of esters is 3. The summed E-state index contributed by atoms with van der Waals surface area (Å²) in [4.78, 5) is 38.0. The van der Waals surface area contributed by atoms with Crippen LogP contribution in [0.1, 0.15) is 290 Å². The fourth-order valence-corrected chi connectivity index (χ4v) is 7.94. The van der Waals surface area contributed by atoms with Crippen molar-refractivity contribution >= 4 is 17.9 Å². The van der Waals surface area contributed by atoms with Crippen LogP contribution in [0, 0.1) is 0 Å². The molecule has 0 aromatic carbocycles. The lowest BCUT2D eigenvalue weighted by Gasteiger charge is -2.18. The molecule has 0 saturated heterocycles. The zero-order chi connectivity index (χ0) is 45.8. The largest absolute Gasteiger partial charge is 0.462 e. The molecule has 6 heteroatoms. The Kier molecular flexibility index (Phi) is 50.3. The maximum absolute atomic E-state index is 12.8. The first-order chi connectivity index (χ1) is 31.0. The summed E-state index contributed by atoms with van der Waals surface area (Å²) in [6.45, 7) is 6.62. The molecular formula is C57H104O6. The van der Waals surface area contributed by atoms with E-state index in [1.807, 2.05) is 0 Å². The maximum Gasteiger partial charge on any atom is 0.306 e. The van der Waals surface area contributed by atoms with Crippen molar-refractivity contribution in [3.8, 4) is 0 Å². The van der Waals surface area contributed by atoms with E-state index < -0.39 is 6.10 Å². The lowest BCUT2D eigenvalue weighted by atomic mass is 10.1. The van der Waals surface area contributed by atoms with Gasteiger partial charge in [-0.1, -0.05) is 231 Å². The Hall–Kier alpha value is -2.37. The molecule has 6 nitrogen and oxygen atoms in total. The molecule has 0 bridgehead atoms. The van der Waals surface area contributed by atoms with E-state index in [0.29, 0.717) is 19.3 Å². The Morgan fingerprint density at radius 3 is 0.905 bits per heavy atom. The summed E-state index contributed by atoms with van der Waals surface area (Å²) < 4.78 is 16.8. The van der Waals surface area contributed by atoms with Crippen molar-refractivity contribution in [2.24, 2.45) is 0 Å². The highest BCUT2D eigenvalue weighted by Crippen LogP contribution is 2.15. The summed E-state index contributed by atoms with van der Waals surface area (Å²) in [5.74, 6) is -0.876. The summed E-state index contributed by atoms with van der Waals surface area (Å²) in [6, 6.07) is 0. The highest BCUT2D eigenvalue weighted by atomic mass is 16.6. The molecule has 1 unspecified atom stereocenters. The lowest BCUT2D eigenvalue weighted by Crippen LogP contribution is -2.30. The minimum atomic E-state index is -0.774. The highest BCUT2D eigenvalue weighted by Gasteiger charge is 2.19. The number of carbonyl (C=O) groups is 3. The van der Waals surface area contributed by atoms with Gasteiger partial charge in [0.15, 0.2) is 6.10 Å². The minimum absolute atomic E-state index is 0.0737. The third-order valence-electron chi connectivity index (χ3n) is 12.1. The van der Waals surface area contributed by atoms with Crippen molar-refractivity contribution in [1.29, 1.82) is 0 Å². The Balaban J connectivity index is 4.28. The van der Waals surface area contributed by atoms with E-state index in [1.54, 1.807) is 0 Å². The van der Waals surface area contributed by atoms with E-state index >= 15 is 0 Å². The van der Waals surface area contributed by atoms with Crippen LogP contribution >= 0.6 is 0 Å². The standard InChI is InChI=1S/C57H104O6/c1-4-7-10-13-16-19-22-24-25-26-27-28-29-30-31-33-35-38-41-44-47-50-56(59)62-53-54(52-61-55(58)49-46-43-40-37-34-21-18-15-12-9-6-3)63-57(60)51-48-45-42-39-36-32-23-20-17-14-11-8-5-2/h20,22-24,26-27,54H,4-19,21,25,28-53H2,1-3H3/b23-20-,24-22-,27-26-. The van der Waals surface area contributed by atoms with Gasteiger partial charge in [-0.2, -0.15) is 0 Å². The smallest absolute Gasteiger partial charge is 0.306 e. The van der Waals surface area contributed by atoms with Gasteiger partial charge in [-0.05, 0) is 77.0 Å². The van der Waals surface area contributed by atoms with Gasteiger partial charge in [0.2, 0.25) is 0 Å². The zero-order valence-electron chi connectivity index (χ0n) is 42.1. The van der Waals surface area contributed by atoms with Crippen molar-refractivity contribution < 1.29 is 28.6 Å². The molecule has 368 valence electrons. The second kappa shape index (κ2) is 52.3. The molecule has 0 aliphatic rings. The predicted molar refractivity (Wildman–Crippen MR) is 270 cm³/mol. The number of rotatable bonds is 50. The lowest BCUT2D eigenvalue weighted by molar-refractivity contribution is -0.167. The fraction of sp³-hybridized carbons (Fsp3) is 0.842. The SMILES string of the molecule is CCCCCC/C=C\CCCCCCCC(=O)OC(COC(=O)CCCCCCCCCCC/C=C\C/C=C\CCCCCCC)COC(=O)CCCCCCCCCCCCC. The van der Waals surface area contributed by atoms with E-state index in [9.17, 15) is 14.4 Å². The van der Waals surface area contributed by atoms with Crippen LogP contribution in [-0.4, -0.2) is 37.2 Å². The van der Waals surface area contributed by atoms with Gasteiger partial charge in [0.25, 0.3) is 0 Å². The molecule has 0 N–H and O–H groups in total. The quantitative estimate of drug-likeness (QED) is 0.0262. The number of unbranched alkanes of at least 4 members (excludes halogenated alkanes) is 33. The first-order valence-electron chi connectivity index (χ1n) is 27.5. The molecule has 0 saturated carbocycles. The van der Waals surface area contributed by atoms with Gasteiger partial charge in [0, 0.05) is 19.3 Å². The first kappa shape index (κ1) is 60.6. The molecule has 0 amide bonds. The van der Waals surface area contributed by atoms with Crippen molar-refractivity contribution in [1.82, 2.24) is 0 Å². The predicted octanol–water partition coefficient (Wildman–Crippen LogP) is 18.1. The maximum atomic E-state index is 12.8. The van der Waals surface area contributed by atoms with Crippen LogP contribution in [0.15, 0.2) is 36.5 Å². The molecule has 0 radical (unpaired) electrons.